The van der Waals surface area contributed by atoms with Gasteiger partial charge in [0.05, 0.1) is 6.61 Å². The standard InChI is InChI=1S/C12H19ClO2Si/c1-4-16(3,14-2)15-10-12-8-6-5-7-11(12)9-13/h5-8H,4,9-10H2,1-3H3. The van der Waals surface area contributed by atoms with E-state index in [0.717, 1.165) is 17.2 Å². The molecule has 2 nitrogen and oxygen atoms in total. The molecule has 0 N–H and O–H groups in total. The molecule has 0 spiro atoms. The van der Waals surface area contributed by atoms with Gasteiger partial charge in [-0.15, -0.1) is 11.6 Å². The molecule has 4 heteroatoms. The van der Waals surface area contributed by atoms with Crippen LogP contribution in [-0.4, -0.2) is 15.7 Å². The third-order valence-corrected chi connectivity index (χ3v) is 6.06. The van der Waals surface area contributed by atoms with Gasteiger partial charge in [-0.05, 0) is 23.7 Å². The number of hydrogen-bond acceptors (Lipinski definition) is 2. The average molecular weight is 259 g/mol. The first kappa shape index (κ1) is 13.7. The van der Waals surface area contributed by atoms with Crippen LogP contribution in [0, 0.1) is 0 Å². The predicted octanol–water partition coefficient (Wildman–Crippen LogP) is 3.68. The van der Waals surface area contributed by atoms with Crippen molar-refractivity contribution in [2.75, 3.05) is 7.11 Å². The largest absolute Gasteiger partial charge is 0.398 e. The molecule has 0 heterocycles. The van der Waals surface area contributed by atoms with Gasteiger partial charge in [-0.25, -0.2) is 0 Å². The fraction of sp³-hybridized carbons (Fsp3) is 0.500. The molecule has 16 heavy (non-hydrogen) atoms. The molecule has 0 saturated heterocycles. The van der Waals surface area contributed by atoms with Crippen LogP contribution in [0.3, 0.4) is 0 Å². The Morgan fingerprint density at radius 1 is 1.25 bits per heavy atom. The molecule has 0 aliphatic heterocycles. The minimum atomic E-state index is -1.96. The van der Waals surface area contributed by atoms with Gasteiger partial charge in [0.1, 0.15) is 0 Å². The lowest BCUT2D eigenvalue weighted by molar-refractivity contribution is 0.196. The lowest BCUT2D eigenvalue weighted by Crippen LogP contribution is -2.36. The highest BCUT2D eigenvalue weighted by molar-refractivity contribution is 6.65. The van der Waals surface area contributed by atoms with Crippen molar-refractivity contribution < 1.29 is 8.85 Å². The Morgan fingerprint density at radius 2 is 1.88 bits per heavy atom. The van der Waals surface area contributed by atoms with Gasteiger partial charge in [-0.1, -0.05) is 31.2 Å². The van der Waals surface area contributed by atoms with Crippen molar-refractivity contribution in [1.82, 2.24) is 0 Å². The van der Waals surface area contributed by atoms with E-state index in [9.17, 15) is 0 Å². The Morgan fingerprint density at radius 3 is 2.38 bits per heavy atom. The molecule has 1 aromatic carbocycles. The van der Waals surface area contributed by atoms with E-state index < -0.39 is 8.56 Å². The number of halogens is 1. The van der Waals surface area contributed by atoms with Gasteiger partial charge in [0.15, 0.2) is 0 Å². The van der Waals surface area contributed by atoms with Crippen LogP contribution in [0.15, 0.2) is 24.3 Å². The van der Waals surface area contributed by atoms with Gasteiger partial charge < -0.3 is 8.85 Å². The monoisotopic (exact) mass is 258 g/mol. The first-order valence-corrected chi connectivity index (χ1v) is 8.53. The number of rotatable bonds is 6. The molecule has 0 amide bonds. The summed E-state index contributed by atoms with van der Waals surface area (Å²) in [4.78, 5) is 0. The van der Waals surface area contributed by atoms with Crippen molar-refractivity contribution in [1.29, 1.82) is 0 Å². The zero-order chi connectivity index (χ0) is 12.0. The van der Waals surface area contributed by atoms with Crippen molar-refractivity contribution in [3.8, 4) is 0 Å². The van der Waals surface area contributed by atoms with Gasteiger partial charge in [0.25, 0.3) is 0 Å². The maximum atomic E-state index is 5.91. The van der Waals surface area contributed by atoms with Gasteiger partial charge >= 0.3 is 8.56 Å². The molecule has 1 rings (SSSR count). The summed E-state index contributed by atoms with van der Waals surface area (Å²) in [5.41, 5.74) is 2.29. The van der Waals surface area contributed by atoms with E-state index in [1.54, 1.807) is 7.11 Å². The predicted molar refractivity (Wildman–Crippen MR) is 69.9 cm³/mol. The molecule has 1 unspecified atom stereocenters. The molecule has 0 bridgehead atoms. The minimum absolute atomic E-state index is 0.525. The highest BCUT2D eigenvalue weighted by Gasteiger charge is 2.27. The lowest BCUT2D eigenvalue weighted by Gasteiger charge is -2.24. The Hall–Kier alpha value is -0.353. The first-order chi connectivity index (χ1) is 7.65. The maximum Gasteiger partial charge on any atom is 0.334 e. The van der Waals surface area contributed by atoms with E-state index >= 15 is 0 Å². The van der Waals surface area contributed by atoms with Crippen molar-refractivity contribution in [2.45, 2.75) is 32.0 Å². The summed E-state index contributed by atoms with van der Waals surface area (Å²) in [5, 5.41) is 0. The van der Waals surface area contributed by atoms with Crippen molar-refractivity contribution in [3.63, 3.8) is 0 Å². The Balaban J connectivity index is 2.67. The summed E-state index contributed by atoms with van der Waals surface area (Å²) in [6.45, 7) is 4.77. The minimum Gasteiger partial charge on any atom is -0.398 e. The summed E-state index contributed by atoms with van der Waals surface area (Å²) < 4.78 is 11.4. The van der Waals surface area contributed by atoms with Crippen LogP contribution in [0.25, 0.3) is 0 Å². The summed E-state index contributed by atoms with van der Waals surface area (Å²) >= 11 is 5.87. The van der Waals surface area contributed by atoms with E-state index in [1.165, 1.54) is 0 Å². The molecule has 0 aliphatic rings. The molecule has 0 saturated carbocycles. The normalized spacial score (nSPS) is 14.8. The summed E-state index contributed by atoms with van der Waals surface area (Å²) in [6, 6.07) is 9.04. The van der Waals surface area contributed by atoms with Crippen molar-refractivity contribution in [2.24, 2.45) is 0 Å². The smallest absolute Gasteiger partial charge is 0.334 e. The molecule has 0 radical (unpaired) electrons. The summed E-state index contributed by atoms with van der Waals surface area (Å²) in [6.07, 6.45) is 0. The molecule has 90 valence electrons. The highest BCUT2D eigenvalue weighted by atomic mass is 35.5. The zero-order valence-electron chi connectivity index (χ0n) is 10.1. The number of hydrogen-bond donors (Lipinski definition) is 0. The van der Waals surface area contributed by atoms with E-state index in [-0.39, 0.29) is 0 Å². The van der Waals surface area contributed by atoms with E-state index in [1.807, 2.05) is 18.2 Å². The quantitative estimate of drug-likeness (QED) is 0.573. The van der Waals surface area contributed by atoms with Crippen LogP contribution in [-0.2, 0) is 21.3 Å². The number of alkyl halides is 1. The van der Waals surface area contributed by atoms with Crippen LogP contribution in [0.1, 0.15) is 18.1 Å². The Bertz CT molecular complexity index is 327. The topological polar surface area (TPSA) is 18.5 Å². The van der Waals surface area contributed by atoms with Crippen molar-refractivity contribution >= 4 is 20.2 Å². The van der Waals surface area contributed by atoms with E-state index in [4.69, 9.17) is 20.5 Å². The molecule has 1 aromatic rings. The SMILES string of the molecule is CC[Si](C)(OC)OCc1ccccc1CCl. The Labute approximate surface area is 104 Å². The van der Waals surface area contributed by atoms with Gasteiger partial charge in [-0.2, -0.15) is 0 Å². The zero-order valence-corrected chi connectivity index (χ0v) is 11.9. The highest BCUT2D eigenvalue weighted by Crippen LogP contribution is 2.18. The second-order valence-electron chi connectivity index (χ2n) is 3.88. The fourth-order valence-corrected chi connectivity index (χ4v) is 2.70. The fourth-order valence-electron chi connectivity index (χ4n) is 1.36. The van der Waals surface area contributed by atoms with Crippen LogP contribution < -0.4 is 0 Å². The molecule has 1 atom stereocenters. The van der Waals surface area contributed by atoms with Crippen molar-refractivity contribution in [3.05, 3.63) is 35.4 Å². The first-order valence-electron chi connectivity index (χ1n) is 5.47. The van der Waals surface area contributed by atoms with E-state index in [2.05, 4.69) is 19.5 Å². The summed E-state index contributed by atoms with van der Waals surface area (Å²) in [5.74, 6) is 0.525. The van der Waals surface area contributed by atoms with Gasteiger partial charge in [0, 0.05) is 13.0 Å². The molecular weight excluding hydrogens is 240 g/mol. The van der Waals surface area contributed by atoms with E-state index in [0.29, 0.717) is 12.5 Å². The summed E-state index contributed by atoms with van der Waals surface area (Å²) in [7, 11) is -0.234. The maximum absolute atomic E-state index is 5.91. The Kier molecular flexibility index (Phi) is 5.48. The number of benzene rings is 1. The van der Waals surface area contributed by atoms with Gasteiger partial charge in [0.2, 0.25) is 0 Å². The lowest BCUT2D eigenvalue weighted by atomic mass is 10.1. The average Bonchev–Trinajstić information content (AvgIpc) is 2.36. The van der Waals surface area contributed by atoms with Crippen LogP contribution in [0.5, 0.6) is 0 Å². The molecule has 0 aromatic heterocycles. The molecular formula is C12H19ClO2Si. The van der Waals surface area contributed by atoms with Crippen LogP contribution >= 0.6 is 11.6 Å². The van der Waals surface area contributed by atoms with Gasteiger partial charge in [-0.3, -0.25) is 0 Å². The molecule has 0 fully saturated rings. The third kappa shape index (κ3) is 3.59. The van der Waals surface area contributed by atoms with Crippen LogP contribution in [0.2, 0.25) is 12.6 Å². The van der Waals surface area contributed by atoms with Crippen LogP contribution in [0.4, 0.5) is 0 Å². The second-order valence-corrected chi connectivity index (χ2v) is 7.82. The second kappa shape index (κ2) is 6.40. The third-order valence-electron chi connectivity index (χ3n) is 2.87. The molecule has 0 aliphatic carbocycles.